The lowest BCUT2D eigenvalue weighted by Crippen LogP contribution is -2.45. The second kappa shape index (κ2) is 9.77. The first kappa shape index (κ1) is 24.2. The predicted octanol–water partition coefficient (Wildman–Crippen LogP) is 5.12. The van der Waals surface area contributed by atoms with E-state index in [2.05, 4.69) is 24.3 Å². The number of benzene rings is 4. The van der Waals surface area contributed by atoms with Gasteiger partial charge in [0.2, 0.25) is 0 Å². The summed E-state index contributed by atoms with van der Waals surface area (Å²) in [5.74, 6) is 0. The first-order valence-corrected chi connectivity index (χ1v) is 12.5. The van der Waals surface area contributed by atoms with E-state index in [1.54, 1.807) is 37.3 Å². The molecule has 0 heterocycles. The van der Waals surface area contributed by atoms with Crippen LogP contribution in [0.2, 0.25) is 0 Å². The van der Waals surface area contributed by atoms with E-state index >= 15 is 0 Å². The Morgan fingerprint density at radius 1 is 0.629 bits per heavy atom. The molecule has 0 aliphatic rings. The molecule has 0 atom stereocenters. The maximum Gasteiger partial charge on any atom is 0.510 e. The molecule has 7 heteroatoms. The van der Waals surface area contributed by atoms with Crippen LogP contribution in [0.15, 0.2) is 97.1 Å². The van der Waals surface area contributed by atoms with E-state index in [9.17, 15) is 20.2 Å². The van der Waals surface area contributed by atoms with Gasteiger partial charge in [-0.25, -0.2) is 0 Å². The minimum Gasteiger partial charge on any atom is -0.258 e. The third-order valence-electron chi connectivity index (χ3n) is 6.14. The fraction of sp³-hybridized carbons (Fsp3) is 0.143. The summed E-state index contributed by atoms with van der Waals surface area (Å²) in [7, 11) is -1.10. The minimum atomic E-state index is -2.61. The van der Waals surface area contributed by atoms with Crippen molar-refractivity contribution in [2.45, 2.75) is 26.4 Å². The Hall–Kier alpha value is -3.89. The number of nitro groups is 2. The maximum absolute atomic E-state index is 12.5. The van der Waals surface area contributed by atoms with Crippen molar-refractivity contribution < 1.29 is 9.85 Å². The molecule has 176 valence electrons. The lowest BCUT2D eigenvalue weighted by atomic mass is 9.89. The van der Waals surface area contributed by atoms with Crippen LogP contribution < -0.4 is 15.9 Å². The Balaban J connectivity index is 1.99. The summed E-state index contributed by atoms with van der Waals surface area (Å²) >= 11 is 0. The fourth-order valence-corrected chi connectivity index (χ4v) is 6.53. The zero-order valence-electron chi connectivity index (χ0n) is 19.7. The summed E-state index contributed by atoms with van der Waals surface area (Å²) in [6.45, 7) is 5.72. The largest absolute Gasteiger partial charge is 0.510 e. The van der Waals surface area contributed by atoms with Gasteiger partial charge in [-0.05, 0) is 68.4 Å². The number of aryl methyl sites for hydroxylation is 3. The lowest BCUT2D eigenvalue weighted by Gasteiger charge is -2.24. The maximum atomic E-state index is 12.5. The third-order valence-corrected chi connectivity index (χ3v) is 8.57. The van der Waals surface area contributed by atoms with E-state index in [4.69, 9.17) is 0 Å². The molecule has 0 amide bonds. The van der Waals surface area contributed by atoms with Gasteiger partial charge in [-0.15, -0.1) is 0 Å². The molecule has 0 aromatic heterocycles. The molecule has 0 unspecified atom stereocenters. The van der Waals surface area contributed by atoms with Crippen LogP contribution in [0.25, 0.3) is 0 Å². The first-order chi connectivity index (χ1) is 16.7. The molecule has 0 aliphatic heterocycles. The van der Waals surface area contributed by atoms with Gasteiger partial charge in [-0.3, -0.25) is 20.2 Å². The molecule has 0 radical (unpaired) electrons. The van der Waals surface area contributed by atoms with E-state index in [0.29, 0.717) is 5.56 Å². The van der Waals surface area contributed by atoms with Crippen LogP contribution in [-0.4, -0.2) is 9.85 Å². The van der Waals surface area contributed by atoms with Crippen LogP contribution in [0.3, 0.4) is 0 Å². The zero-order valence-corrected chi connectivity index (χ0v) is 20.6. The van der Waals surface area contributed by atoms with Crippen molar-refractivity contribution in [2.24, 2.45) is 0 Å². The highest BCUT2D eigenvalue weighted by atomic mass is 31.1. The molecular weight excluding hydrogens is 459 g/mol. The van der Waals surface area contributed by atoms with Crippen LogP contribution in [-0.2, 0) is 5.66 Å². The SMILES string of the molecule is Cc1ccc(P(c2ccc(C)cc2)c2ccc(C)c(C(c3ccccc3)([N+](=O)[O-])[N+](=O)[O-])c2)cc1. The summed E-state index contributed by atoms with van der Waals surface area (Å²) < 4.78 is 0. The molecule has 0 aliphatic carbocycles. The van der Waals surface area contributed by atoms with Crippen molar-refractivity contribution in [1.82, 2.24) is 0 Å². The Bertz CT molecular complexity index is 1310. The Morgan fingerprint density at radius 2 is 1.09 bits per heavy atom. The zero-order chi connectivity index (χ0) is 25.2. The molecular formula is C28H25N2O4P. The summed E-state index contributed by atoms with van der Waals surface area (Å²) in [6, 6.07) is 29.5. The molecule has 0 spiro atoms. The van der Waals surface area contributed by atoms with Crippen LogP contribution >= 0.6 is 7.92 Å². The molecule has 0 bridgehead atoms. The van der Waals surface area contributed by atoms with Gasteiger partial charge in [0.05, 0.1) is 0 Å². The van der Waals surface area contributed by atoms with E-state index in [-0.39, 0.29) is 11.1 Å². The number of nitrogens with zero attached hydrogens (tertiary/aromatic N) is 2. The van der Waals surface area contributed by atoms with Crippen LogP contribution in [0.1, 0.15) is 27.8 Å². The molecule has 0 saturated carbocycles. The van der Waals surface area contributed by atoms with E-state index < -0.39 is 23.4 Å². The average molecular weight is 484 g/mol. The van der Waals surface area contributed by atoms with Gasteiger partial charge in [0, 0.05) is 0 Å². The summed E-state index contributed by atoms with van der Waals surface area (Å²) in [5, 5.41) is 27.9. The first-order valence-electron chi connectivity index (χ1n) is 11.1. The fourth-order valence-electron chi connectivity index (χ4n) is 4.26. The van der Waals surface area contributed by atoms with Gasteiger partial charge < -0.3 is 0 Å². The van der Waals surface area contributed by atoms with Crippen LogP contribution in [0.5, 0.6) is 0 Å². The highest BCUT2D eigenvalue weighted by molar-refractivity contribution is 7.79. The molecule has 4 rings (SSSR count). The van der Waals surface area contributed by atoms with Gasteiger partial charge in [-0.1, -0.05) is 90.0 Å². The number of hydrogen-bond acceptors (Lipinski definition) is 4. The molecule has 4 aromatic rings. The molecule has 0 saturated heterocycles. The smallest absolute Gasteiger partial charge is 0.258 e. The van der Waals surface area contributed by atoms with Crippen molar-refractivity contribution in [1.29, 1.82) is 0 Å². The van der Waals surface area contributed by atoms with Crippen LogP contribution in [0.4, 0.5) is 0 Å². The standard InChI is InChI=1S/C28H25N2O4P/c1-20-9-14-24(15-10-20)35(25-16-11-21(2)12-17-25)26-18-13-22(3)27(19-26)28(29(31)32,30(33)34)23-7-5-4-6-8-23/h4-19H,1-3H3. The summed E-state index contributed by atoms with van der Waals surface area (Å²) in [6.07, 6.45) is 0. The van der Waals surface area contributed by atoms with Crippen molar-refractivity contribution in [3.05, 3.63) is 145 Å². The van der Waals surface area contributed by atoms with E-state index in [1.165, 1.54) is 12.1 Å². The Morgan fingerprint density at radius 3 is 1.54 bits per heavy atom. The normalized spacial score (nSPS) is 11.4. The second-order valence-corrected chi connectivity index (χ2v) is 10.8. The van der Waals surface area contributed by atoms with Gasteiger partial charge in [0.25, 0.3) is 0 Å². The van der Waals surface area contributed by atoms with Crippen molar-refractivity contribution in [3.63, 3.8) is 0 Å². The monoisotopic (exact) mass is 484 g/mol. The van der Waals surface area contributed by atoms with Gasteiger partial charge >= 0.3 is 5.66 Å². The van der Waals surface area contributed by atoms with Gasteiger partial charge in [0.15, 0.2) is 0 Å². The van der Waals surface area contributed by atoms with Crippen LogP contribution in [0, 0.1) is 41.0 Å². The van der Waals surface area contributed by atoms with Crippen molar-refractivity contribution >= 4 is 23.8 Å². The molecule has 35 heavy (non-hydrogen) atoms. The topological polar surface area (TPSA) is 86.3 Å². The highest BCUT2D eigenvalue weighted by Gasteiger charge is 2.61. The Labute approximate surface area is 205 Å². The van der Waals surface area contributed by atoms with Crippen molar-refractivity contribution in [3.8, 4) is 0 Å². The predicted molar refractivity (Wildman–Crippen MR) is 141 cm³/mol. The molecule has 0 fully saturated rings. The van der Waals surface area contributed by atoms with Crippen molar-refractivity contribution in [2.75, 3.05) is 0 Å². The number of hydrogen-bond donors (Lipinski definition) is 0. The number of rotatable bonds is 7. The average Bonchev–Trinajstić information content (AvgIpc) is 2.84. The van der Waals surface area contributed by atoms with E-state index in [1.807, 2.05) is 44.2 Å². The molecule has 0 N–H and O–H groups in total. The van der Waals surface area contributed by atoms with E-state index in [0.717, 1.165) is 27.0 Å². The summed E-state index contributed by atoms with van der Waals surface area (Å²) in [4.78, 5) is 23.4. The van der Waals surface area contributed by atoms with Gasteiger partial charge in [-0.2, -0.15) is 0 Å². The third kappa shape index (κ3) is 4.45. The van der Waals surface area contributed by atoms with Gasteiger partial charge in [0.1, 0.15) is 21.0 Å². The second-order valence-electron chi connectivity index (χ2n) is 8.56. The molecule has 4 aromatic carbocycles. The Kier molecular flexibility index (Phi) is 6.77. The minimum absolute atomic E-state index is 0.0187. The summed E-state index contributed by atoms with van der Waals surface area (Å²) in [5.41, 5.74) is 0.231. The lowest BCUT2D eigenvalue weighted by molar-refractivity contribution is -0.796. The highest BCUT2D eigenvalue weighted by Crippen LogP contribution is 2.39. The molecule has 6 nitrogen and oxygen atoms in total. The quantitative estimate of drug-likeness (QED) is 0.158.